The molecule has 0 aromatic carbocycles. The van der Waals surface area contributed by atoms with Gasteiger partial charge in [0.2, 0.25) is 5.91 Å². The van der Waals surface area contributed by atoms with Crippen molar-refractivity contribution >= 4 is 11.9 Å². The molecule has 0 saturated carbocycles. The molecular weight excluding hydrogens is 791 g/mol. The van der Waals surface area contributed by atoms with E-state index in [1.807, 2.05) is 0 Å². The number of allylic oxidation sites excluding steroid dienone is 6. The number of hydrogen-bond donors (Lipinski definition) is 3. The summed E-state index contributed by atoms with van der Waals surface area (Å²) in [6.07, 6.45) is 65.6. The van der Waals surface area contributed by atoms with E-state index in [4.69, 9.17) is 4.74 Å². The second-order valence-corrected chi connectivity index (χ2v) is 19.3. The lowest BCUT2D eigenvalue weighted by Crippen LogP contribution is -2.45. The number of esters is 1. The summed E-state index contributed by atoms with van der Waals surface area (Å²) in [5.41, 5.74) is 0. The molecule has 1 amide bonds. The van der Waals surface area contributed by atoms with E-state index in [0.29, 0.717) is 25.9 Å². The molecule has 64 heavy (non-hydrogen) atoms. The van der Waals surface area contributed by atoms with Crippen molar-refractivity contribution < 1.29 is 24.5 Å². The Kier molecular flexibility index (Phi) is 52.1. The first kappa shape index (κ1) is 62.1. The minimum Gasteiger partial charge on any atom is -0.466 e. The summed E-state index contributed by atoms with van der Waals surface area (Å²) in [4.78, 5) is 24.5. The normalized spacial score (nSPS) is 12.9. The SMILES string of the molecule is CCCCC/C=C\C/C=C\CCCCCCCCCCCC(=O)OCCCC/C=C\CCCCCCC(=O)NC(CO)C(O)CCCCCCCCCCCCCCCCCCCC. The van der Waals surface area contributed by atoms with Crippen LogP contribution in [-0.2, 0) is 14.3 Å². The minimum absolute atomic E-state index is 0.0399. The molecule has 0 aromatic rings. The van der Waals surface area contributed by atoms with Crippen molar-refractivity contribution in [1.82, 2.24) is 5.32 Å². The highest BCUT2D eigenvalue weighted by molar-refractivity contribution is 5.76. The third-order valence-corrected chi connectivity index (χ3v) is 12.9. The van der Waals surface area contributed by atoms with Gasteiger partial charge in [0, 0.05) is 12.8 Å². The molecule has 0 bridgehead atoms. The van der Waals surface area contributed by atoms with E-state index in [-0.39, 0.29) is 18.5 Å². The monoisotopic (exact) mass is 900 g/mol. The topological polar surface area (TPSA) is 95.9 Å². The maximum Gasteiger partial charge on any atom is 0.305 e. The predicted octanol–water partition coefficient (Wildman–Crippen LogP) is 17.2. The molecule has 0 spiro atoms. The van der Waals surface area contributed by atoms with Crippen molar-refractivity contribution in [3.05, 3.63) is 36.5 Å². The summed E-state index contributed by atoms with van der Waals surface area (Å²) in [6.45, 7) is 4.85. The Morgan fingerprint density at radius 2 is 0.781 bits per heavy atom. The Balaban J connectivity index is 3.51. The van der Waals surface area contributed by atoms with Crippen molar-refractivity contribution in [1.29, 1.82) is 0 Å². The highest BCUT2D eigenvalue weighted by Crippen LogP contribution is 2.17. The molecule has 0 rings (SSSR count). The Labute approximate surface area is 398 Å². The average molecular weight is 901 g/mol. The number of ether oxygens (including phenoxy) is 1. The van der Waals surface area contributed by atoms with Gasteiger partial charge >= 0.3 is 5.97 Å². The number of unbranched alkanes of at least 4 members (excludes halogenated alkanes) is 35. The Morgan fingerprint density at radius 1 is 0.438 bits per heavy atom. The molecular formula is C58H109NO5. The number of hydrogen-bond acceptors (Lipinski definition) is 5. The summed E-state index contributed by atoms with van der Waals surface area (Å²) in [7, 11) is 0. The first-order valence-corrected chi connectivity index (χ1v) is 28.2. The highest BCUT2D eigenvalue weighted by atomic mass is 16.5. The van der Waals surface area contributed by atoms with Crippen LogP contribution in [0, 0.1) is 0 Å². The molecule has 0 aliphatic heterocycles. The van der Waals surface area contributed by atoms with Gasteiger partial charge in [-0.05, 0) is 83.5 Å². The lowest BCUT2D eigenvalue weighted by atomic mass is 10.0. The van der Waals surface area contributed by atoms with Gasteiger partial charge in [-0.25, -0.2) is 0 Å². The van der Waals surface area contributed by atoms with Gasteiger partial charge in [-0.2, -0.15) is 0 Å². The average Bonchev–Trinajstić information content (AvgIpc) is 3.29. The maximum absolute atomic E-state index is 12.5. The molecule has 0 aromatic heterocycles. The molecule has 6 heteroatoms. The molecule has 0 heterocycles. The van der Waals surface area contributed by atoms with Crippen molar-refractivity contribution in [3.63, 3.8) is 0 Å². The summed E-state index contributed by atoms with van der Waals surface area (Å²) in [6, 6.07) is -0.568. The molecule has 0 aliphatic rings. The van der Waals surface area contributed by atoms with Crippen LogP contribution < -0.4 is 5.32 Å². The summed E-state index contributed by atoms with van der Waals surface area (Å²) < 4.78 is 5.45. The van der Waals surface area contributed by atoms with Crippen LogP contribution in [0.3, 0.4) is 0 Å². The Morgan fingerprint density at radius 3 is 1.23 bits per heavy atom. The number of rotatable bonds is 52. The first-order chi connectivity index (χ1) is 31.5. The van der Waals surface area contributed by atoms with Gasteiger partial charge < -0.3 is 20.3 Å². The number of carbonyl (C=O) groups excluding carboxylic acids is 2. The van der Waals surface area contributed by atoms with E-state index in [0.717, 1.165) is 83.5 Å². The third kappa shape index (κ3) is 49.5. The largest absolute Gasteiger partial charge is 0.466 e. The lowest BCUT2D eigenvalue weighted by Gasteiger charge is -2.22. The van der Waals surface area contributed by atoms with E-state index in [9.17, 15) is 19.8 Å². The van der Waals surface area contributed by atoms with Crippen LogP contribution in [0.4, 0.5) is 0 Å². The second-order valence-electron chi connectivity index (χ2n) is 19.3. The molecule has 0 aliphatic carbocycles. The van der Waals surface area contributed by atoms with Crippen molar-refractivity contribution in [2.75, 3.05) is 13.2 Å². The summed E-state index contributed by atoms with van der Waals surface area (Å²) in [5, 5.41) is 23.3. The number of carbonyl (C=O) groups is 2. The van der Waals surface area contributed by atoms with E-state index in [2.05, 4.69) is 55.6 Å². The van der Waals surface area contributed by atoms with Gasteiger partial charge in [0.1, 0.15) is 0 Å². The molecule has 2 atom stereocenters. The fraction of sp³-hybridized carbons (Fsp3) is 0.862. The Bertz CT molecular complexity index is 1040. The third-order valence-electron chi connectivity index (χ3n) is 12.9. The van der Waals surface area contributed by atoms with E-state index in [1.165, 1.54) is 180 Å². The van der Waals surface area contributed by atoms with Crippen LogP contribution in [0.2, 0.25) is 0 Å². The highest BCUT2D eigenvalue weighted by Gasteiger charge is 2.20. The van der Waals surface area contributed by atoms with E-state index >= 15 is 0 Å². The van der Waals surface area contributed by atoms with E-state index < -0.39 is 12.1 Å². The van der Waals surface area contributed by atoms with Crippen LogP contribution in [0.5, 0.6) is 0 Å². The number of aliphatic hydroxyl groups excluding tert-OH is 2. The molecule has 376 valence electrons. The van der Waals surface area contributed by atoms with Gasteiger partial charge in [0.05, 0.1) is 25.4 Å². The molecule has 0 radical (unpaired) electrons. The van der Waals surface area contributed by atoms with Gasteiger partial charge in [-0.3, -0.25) is 9.59 Å². The lowest BCUT2D eigenvalue weighted by molar-refractivity contribution is -0.143. The molecule has 0 fully saturated rings. The molecule has 2 unspecified atom stereocenters. The number of amides is 1. The second kappa shape index (κ2) is 53.7. The fourth-order valence-electron chi connectivity index (χ4n) is 8.55. The summed E-state index contributed by atoms with van der Waals surface area (Å²) in [5.74, 6) is -0.110. The number of nitrogens with one attached hydrogen (secondary N) is 1. The quantitative estimate of drug-likeness (QED) is 0.0321. The number of aliphatic hydroxyl groups is 2. The molecule has 6 nitrogen and oxygen atoms in total. The van der Waals surface area contributed by atoms with Crippen molar-refractivity contribution in [2.24, 2.45) is 0 Å². The molecule has 3 N–H and O–H groups in total. The summed E-state index contributed by atoms with van der Waals surface area (Å²) >= 11 is 0. The van der Waals surface area contributed by atoms with Crippen LogP contribution in [0.25, 0.3) is 0 Å². The van der Waals surface area contributed by atoms with E-state index in [1.54, 1.807) is 0 Å². The zero-order valence-electron chi connectivity index (χ0n) is 42.8. The van der Waals surface area contributed by atoms with Gasteiger partial charge in [0.25, 0.3) is 0 Å². The zero-order valence-corrected chi connectivity index (χ0v) is 42.8. The van der Waals surface area contributed by atoms with Crippen LogP contribution in [0.1, 0.15) is 296 Å². The van der Waals surface area contributed by atoms with Crippen LogP contribution >= 0.6 is 0 Å². The van der Waals surface area contributed by atoms with Crippen LogP contribution in [-0.4, -0.2) is 47.4 Å². The standard InChI is InChI=1S/C58H109NO5/c1-3-5-7-9-11-13-15-17-19-21-23-25-27-29-31-36-40-44-48-52-58(63)64-53-49-45-41-37-33-32-35-39-43-47-51-57(62)59-55(54-60)56(61)50-46-42-38-34-30-28-26-24-22-20-18-16-14-12-10-8-6-4-2/h11,13,17,19,33,37,55-56,60-61H,3-10,12,14-16,18,20-32,34-36,38-54H2,1-2H3,(H,59,62)/b13-11-,19-17-,37-33-. The van der Waals surface area contributed by atoms with Gasteiger partial charge in [-0.15, -0.1) is 0 Å². The predicted molar refractivity (Wildman–Crippen MR) is 278 cm³/mol. The van der Waals surface area contributed by atoms with Gasteiger partial charge in [-0.1, -0.05) is 237 Å². The van der Waals surface area contributed by atoms with Crippen LogP contribution in [0.15, 0.2) is 36.5 Å². The maximum atomic E-state index is 12.5. The first-order valence-electron chi connectivity index (χ1n) is 28.2. The Hall–Kier alpha value is -1.92. The zero-order chi connectivity index (χ0) is 46.5. The fourth-order valence-corrected chi connectivity index (χ4v) is 8.55. The van der Waals surface area contributed by atoms with Gasteiger partial charge in [0.15, 0.2) is 0 Å². The van der Waals surface area contributed by atoms with Crippen molar-refractivity contribution in [3.8, 4) is 0 Å². The smallest absolute Gasteiger partial charge is 0.305 e. The minimum atomic E-state index is -0.687. The molecule has 0 saturated heterocycles. The van der Waals surface area contributed by atoms with Crippen molar-refractivity contribution in [2.45, 2.75) is 309 Å².